The predicted molar refractivity (Wildman–Crippen MR) is 90.6 cm³/mol. The van der Waals surface area contributed by atoms with E-state index >= 15 is 0 Å². The number of ether oxygens (including phenoxy) is 3. The molecule has 1 aliphatic rings. The number of fused-ring (bicyclic) bond motifs is 1. The highest BCUT2D eigenvalue weighted by atomic mass is 35.5. The van der Waals surface area contributed by atoms with E-state index in [1.54, 1.807) is 36.4 Å². The Balaban J connectivity index is 1.45. The topological polar surface area (TPSA) is 73.9 Å². The lowest BCUT2D eigenvalue weighted by Gasteiger charge is -2.24. The molecule has 6 nitrogen and oxygen atoms in total. The highest BCUT2D eigenvalue weighted by Gasteiger charge is 2.29. The van der Waals surface area contributed by atoms with Crippen molar-refractivity contribution in [2.75, 3.05) is 13.2 Å². The first kappa shape index (κ1) is 17.1. The third kappa shape index (κ3) is 4.42. The van der Waals surface area contributed by atoms with E-state index in [1.807, 2.05) is 12.1 Å². The fourth-order valence-corrected chi connectivity index (χ4v) is 2.45. The lowest BCUT2D eigenvalue weighted by Crippen LogP contribution is -2.39. The maximum absolute atomic E-state index is 12.0. The molecular weight excluding hydrogens is 346 g/mol. The van der Waals surface area contributed by atoms with E-state index in [0.29, 0.717) is 16.5 Å². The highest BCUT2D eigenvalue weighted by Crippen LogP contribution is 2.31. The summed E-state index contributed by atoms with van der Waals surface area (Å²) in [7, 11) is 0. The molecule has 0 aromatic heterocycles. The molecule has 0 saturated carbocycles. The van der Waals surface area contributed by atoms with Crippen LogP contribution in [0.5, 0.6) is 11.5 Å². The average Bonchev–Trinajstić information content (AvgIpc) is 2.65. The number of carbonyl (C=O) groups excluding carboxylic acids is 2. The van der Waals surface area contributed by atoms with Crippen molar-refractivity contribution >= 4 is 23.5 Å². The molecule has 0 bridgehead atoms. The van der Waals surface area contributed by atoms with E-state index in [-0.39, 0.29) is 13.2 Å². The maximum atomic E-state index is 12.0. The van der Waals surface area contributed by atoms with Crippen molar-refractivity contribution in [1.29, 1.82) is 0 Å². The standard InChI is InChI=1S/C18H16ClNO5/c19-13-6-2-1-5-12(13)9-20-17(21)11-24-18(22)16-10-23-14-7-3-4-8-15(14)25-16/h1-8,16H,9-11H2,(H,20,21)/t16-/m1/s1. The van der Waals surface area contributed by atoms with E-state index in [0.717, 1.165) is 5.56 Å². The molecule has 25 heavy (non-hydrogen) atoms. The summed E-state index contributed by atoms with van der Waals surface area (Å²) in [5.41, 5.74) is 0.782. The Morgan fingerprint density at radius 2 is 1.84 bits per heavy atom. The molecule has 0 saturated heterocycles. The van der Waals surface area contributed by atoms with Crippen molar-refractivity contribution in [3.63, 3.8) is 0 Å². The number of hydrogen-bond donors (Lipinski definition) is 1. The summed E-state index contributed by atoms with van der Waals surface area (Å²) in [6, 6.07) is 14.2. The SMILES string of the molecule is O=C(COC(=O)[C@H]1COc2ccccc2O1)NCc1ccccc1Cl. The zero-order valence-electron chi connectivity index (χ0n) is 13.2. The predicted octanol–water partition coefficient (Wildman–Crippen LogP) is 2.34. The van der Waals surface area contributed by atoms with Gasteiger partial charge in [0.25, 0.3) is 5.91 Å². The third-order valence-electron chi connectivity index (χ3n) is 3.55. The van der Waals surface area contributed by atoms with Crippen LogP contribution in [0.15, 0.2) is 48.5 Å². The summed E-state index contributed by atoms with van der Waals surface area (Å²) in [4.78, 5) is 23.8. The van der Waals surface area contributed by atoms with Crippen LogP contribution in [-0.4, -0.2) is 31.2 Å². The van der Waals surface area contributed by atoms with E-state index in [1.165, 1.54) is 0 Å². The van der Waals surface area contributed by atoms with Crippen molar-refractivity contribution in [2.24, 2.45) is 0 Å². The Hall–Kier alpha value is -2.73. The molecule has 0 spiro atoms. The number of rotatable bonds is 5. The number of esters is 1. The lowest BCUT2D eigenvalue weighted by molar-refractivity contribution is -0.157. The van der Waals surface area contributed by atoms with Crippen molar-refractivity contribution in [3.8, 4) is 11.5 Å². The fraction of sp³-hybridized carbons (Fsp3) is 0.222. The van der Waals surface area contributed by atoms with E-state index in [4.69, 9.17) is 25.8 Å². The van der Waals surface area contributed by atoms with Crippen LogP contribution in [0.3, 0.4) is 0 Å². The highest BCUT2D eigenvalue weighted by molar-refractivity contribution is 6.31. The van der Waals surface area contributed by atoms with E-state index in [9.17, 15) is 9.59 Å². The molecule has 0 fully saturated rings. The first-order chi connectivity index (χ1) is 12.1. The Kier molecular flexibility index (Phi) is 5.40. The van der Waals surface area contributed by atoms with Gasteiger partial charge >= 0.3 is 5.97 Å². The van der Waals surface area contributed by atoms with Crippen molar-refractivity contribution < 1.29 is 23.8 Å². The van der Waals surface area contributed by atoms with Crippen LogP contribution in [0.4, 0.5) is 0 Å². The van der Waals surface area contributed by atoms with E-state index in [2.05, 4.69) is 5.32 Å². The van der Waals surface area contributed by atoms with Gasteiger partial charge in [0.1, 0.15) is 6.61 Å². The third-order valence-corrected chi connectivity index (χ3v) is 3.92. The van der Waals surface area contributed by atoms with Gasteiger partial charge in [-0.15, -0.1) is 0 Å². The summed E-state index contributed by atoms with van der Waals surface area (Å²) >= 11 is 6.01. The molecule has 1 amide bonds. The number of amides is 1. The first-order valence-electron chi connectivity index (χ1n) is 7.68. The monoisotopic (exact) mass is 361 g/mol. The Morgan fingerprint density at radius 1 is 1.12 bits per heavy atom. The Labute approximate surface area is 149 Å². The van der Waals surface area contributed by atoms with Gasteiger partial charge < -0.3 is 19.5 Å². The smallest absolute Gasteiger partial charge is 0.351 e. The van der Waals surface area contributed by atoms with E-state index < -0.39 is 24.6 Å². The second kappa shape index (κ2) is 7.90. The molecular formula is C18H16ClNO5. The second-order valence-electron chi connectivity index (χ2n) is 5.34. The van der Waals surface area contributed by atoms with Gasteiger partial charge in [0, 0.05) is 11.6 Å². The number of halogens is 1. The van der Waals surface area contributed by atoms with Crippen molar-refractivity contribution in [1.82, 2.24) is 5.32 Å². The largest absolute Gasteiger partial charge is 0.485 e. The molecule has 1 aliphatic heterocycles. The van der Waals surface area contributed by atoms with Gasteiger partial charge in [0.15, 0.2) is 18.1 Å². The van der Waals surface area contributed by atoms with Gasteiger partial charge in [-0.1, -0.05) is 41.9 Å². The van der Waals surface area contributed by atoms with Gasteiger partial charge in [-0.3, -0.25) is 4.79 Å². The summed E-state index contributed by atoms with van der Waals surface area (Å²) in [6.45, 7) is -0.103. The average molecular weight is 362 g/mol. The molecule has 130 valence electrons. The van der Waals surface area contributed by atoms with Crippen LogP contribution in [0.2, 0.25) is 5.02 Å². The fourth-order valence-electron chi connectivity index (χ4n) is 2.25. The maximum Gasteiger partial charge on any atom is 0.351 e. The quantitative estimate of drug-likeness (QED) is 0.827. The van der Waals surface area contributed by atoms with Crippen molar-refractivity contribution in [3.05, 3.63) is 59.1 Å². The number of para-hydroxylation sites is 2. The number of nitrogens with one attached hydrogen (secondary N) is 1. The molecule has 0 radical (unpaired) electrons. The molecule has 1 N–H and O–H groups in total. The van der Waals surface area contributed by atoms with Crippen LogP contribution in [-0.2, 0) is 20.9 Å². The Morgan fingerprint density at radius 3 is 2.64 bits per heavy atom. The first-order valence-corrected chi connectivity index (χ1v) is 8.06. The summed E-state index contributed by atoms with van der Waals surface area (Å²) < 4.78 is 16.0. The molecule has 1 heterocycles. The minimum absolute atomic E-state index is 0.0388. The van der Waals surface area contributed by atoms with Gasteiger partial charge in [0.05, 0.1) is 0 Å². The van der Waals surface area contributed by atoms with Crippen LogP contribution < -0.4 is 14.8 Å². The zero-order valence-corrected chi connectivity index (χ0v) is 14.0. The summed E-state index contributed by atoms with van der Waals surface area (Å²) in [5.74, 6) is -0.0318. The minimum Gasteiger partial charge on any atom is -0.485 e. The molecule has 0 unspecified atom stereocenters. The molecule has 3 rings (SSSR count). The van der Waals surface area contributed by atoms with Crippen LogP contribution in [0.1, 0.15) is 5.56 Å². The molecule has 7 heteroatoms. The van der Waals surface area contributed by atoms with Crippen molar-refractivity contribution in [2.45, 2.75) is 12.6 Å². The second-order valence-corrected chi connectivity index (χ2v) is 5.75. The van der Waals surface area contributed by atoms with Gasteiger partial charge in [-0.2, -0.15) is 0 Å². The number of hydrogen-bond acceptors (Lipinski definition) is 5. The normalized spacial score (nSPS) is 15.3. The summed E-state index contributed by atoms with van der Waals surface area (Å²) in [5, 5.41) is 3.20. The molecule has 1 atom stereocenters. The zero-order chi connectivity index (χ0) is 17.6. The lowest BCUT2D eigenvalue weighted by atomic mass is 10.2. The molecule has 2 aromatic carbocycles. The van der Waals surface area contributed by atoms with Gasteiger partial charge in [-0.05, 0) is 23.8 Å². The number of carbonyl (C=O) groups is 2. The summed E-state index contributed by atoms with van der Waals surface area (Å²) in [6.07, 6.45) is -0.897. The van der Waals surface area contributed by atoms with Crippen LogP contribution in [0.25, 0.3) is 0 Å². The van der Waals surface area contributed by atoms with Crippen LogP contribution >= 0.6 is 11.6 Å². The van der Waals surface area contributed by atoms with Gasteiger partial charge in [0.2, 0.25) is 6.10 Å². The minimum atomic E-state index is -0.897. The molecule has 0 aliphatic carbocycles. The Bertz CT molecular complexity index is 780. The van der Waals surface area contributed by atoms with Crippen LogP contribution in [0, 0.1) is 0 Å². The molecule has 2 aromatic rings. The number of benzene rings is 2. The van der Waals surface area contributed by atoms with Gasteiger partial charge in [-0.25, -0.2) is 4.79 Å².